The van der Waals surface area contributed by atoms with Crippen LogP contribution in [0.3, 0.4) is 0 Å². The fourth-order valence-corrected chi connectivity index (χ4v) is 2.89. The van der Waals surface area contributed by atoms with Gasteiger partial charge in [-0.25, -0.2) is 0 Å². The van der Waals surface area contributed by atoms with Gasteiger partial charge in [-0.3, -0.25) is 4.79 Å². The van der Waals surface area contributed by atoms with Crippen LogP contribution in [-0.4, -0.2) is 17.1 Å². The maximum atomic E-state index is 12.1. The second-order valence-electron chi connectivity index (χ2n) is 6.14. The maximum Gasteiger partial charge on any atom is 0.229 e. The molecule has 0 aliphatic heterocycles. The average Bonchev–Trinajstić information content (AvgIpc) is 2.57. The Bertz CT molecular complexity index is 524. The van der Waals surface area contributed by atoms with Gasteiger partial charge >= 0.3 is 0 Å². The van der Waals surface area contributed by atoms with Gasteiger partial charge < -0.3 is 15.4 Å². The molecule has 4 nitrogen and oxygen atoms in total. The number of anilines is 1. The quantitative estimate of drug-likeness (QED) is 0.790. The van der Waals surface area contributed by atoms with Gasteiger partial charge in [0.2, 0.25) is 5.91 Å². The molecule has 1 aromatic carbocycles. The summed E-state index contributed by atoms with van der Waals surface area (Å²) in [5.41, 5.74) is 0.843. The van der Waals surface area contributed by atoms with E-state index in [4.69, 9.17) is 17.0 Å². The molecule has 2 N–H and O–H groups in total. The zero-order valence-electron chi connectivity index (χ0n) is 13.9. The number of ether oxygens (including phenoxy) is 1. The molecule has 1 unspecified atom stereocenters. The molecule has 1 aliphatic carbocycles. The molecule has 1 fully saturated rings. The molecule has 0 radical (unpaired) electrons. The SMILES string of the molecule is CCC(C)Oc1ccc(NC(=S)NC(=O)C2CCCCC2)cc1. The third-order valence-corrected chi connectivity index (χ3v) is 4.44. The summed E-state index contributed by atoms with van der Waals surface area (Å²) in [5.74, 6) is 0.982. The Kier molecular flexibility index (Phi) is 6.84. The molecule has 1 saturated carbocycles. The third-order valence-electron chi connectivity index (χ3n) is 4.24. The van der Waals surface area contributed by atoms with E-state index in [1.807, 2.05) is 31.2 Å². The lowest BCUT2D eigenvalue weighted by molar-refractivity contribution is -0.124. The summed E-state index contributed by atoms with van der Waals surface area (Å²) in [7, 11) is 0. The number of carbonyl (C=O) groups excluding carboxylic acids is 1. The van der Waals surface area contributed by atoms with Crippen molar-refractivity contribution in [3.63, 3.8) is 0 Å². The number of hydrogen-bond donors (Lipinski definition) is 2. The highest BCUT2D eigenvalue weighted by Gasteiger charge is 2.21. The van der Waals surface area contributed by atoms with Gasteiger partial charge in [-0.05, 0) is 62.7 Å². The van der Waals surface area contributed by atoms with Crippen molar-refractivity contribution in [1.82, 2.24) is 5.32 Å². The number of hydrogen-bond acceptors (Lipinski definition) is 3. The minimum Gasteiger partial charge on any atom is -0.491 e. The molecule has 0 heterocycles. The Labute approximate surface area is 144 Å². The van der Waals surface area contributed by atoms with Gasteiger partial charge in [-0.1, -0.05) is 26.2 Å². The standard InChI is InChI=1S/C18H26N2O2S/c1-3-13(2)22-16-11-9-15(10-12-16)19-18(23)20-17(21)14-7-5-4-6-8-14/h9-14H,3-8H2,1-2H3,(H2,19,20,21,23). The largest absolute Gasteiger partial charge is 0.491 e. The molecular weight excluding hydrogens is 308 g/mol. The highest BCUT2D eigenvalue weighted by molar-refractivity contribution is 7.80. The smallest absolute Gasteiger partial charge is 0.229 e. The number of amides is 1. The summed E-state index contributed by atoms with van der Waals surface area (Å²) in [6.45, 7) is 4.14. The lowest BCUT2D eigenvalue weighted by Crippen LogP contribution is -2.38. The number of carbonyl (C=O) groups is 1. The van der Waals surface area contributed by atoms with Gasteiger partial charge in [-0.2, -0.15) is 0 Å². The summed E-state index contributed by atoms with van der Waals surface area (Å²) >= 11 is 5.23. The van der Waals surface area contributed by atoms with E-state index >= 15 is 0 Å². The number of benzene rings is 1. The topological polar surface area (TPSA) is 50.4 Å². The van der Waals surface area contributed by atoms with Crippen LogP contribution in [-0.2, 0) is 4.79 Å². The monoisotopic (exact) mass is 334 g/mol. The highest BCUT2D eigenvalue weighted by atomic mass is 32.1. The van der Waals surface area contributed by atoms with Gasteiger partial charge in [-0.15, -0.1) is 0 Å². The van der Waals surface area contributed by atoms with E-state index in [0.717, 1.165) is 43.5 Å². The van der Waals surface area contributed by atoms with Gasteiger partial charge in [0.05, 0.1) is 6.10 Å². The maximum absolute atomic E-state index is 12.1. The van der Waals surface area contributed by atoms with E-state index in [1.54, 1.807) is 0 Å². The van der Waals surface area contributed by atoms with Gasteiger partial charge in [0, 0.05) is 11.6 Å². The minimum atomic E-state index is 0.0407. The fraction of sp³-hybridized carbons (Fsp3) is 0.556. The van der Waals surface area contributed by atoms with Crippen LogP contribution in [0.15, 0.2) is 24.3 Å². The number of rotatable bonds is 5. The summed E-state index contributed by atoms with van der Waals surface area (Å²) < 4.78 is 5.74. The van der Waals surface area contributed by atoms with Crippen molar-refractivity contribution < 1.29 is 9.53 Å². The summed E-state index contributed by atoms with van der Waals surface area (Å²) in [6.07, 6.45) is 6.61. The Hall–Kier alpha value is -1.62. The van der Waals surface area contributed by atoms with Crippen LogP contribution in [0.1, 0.15) is 52.4 Å². The summed E-state index contributed by atoms with van der Waals surface area (Å²) in [5, 5.41) is 6.21. The molecule has 1 aliphatic rings. The van der Waals surface area contributed by atoms with Crippen molar-refractivity contribution in [2.24, 2.45) is 5.92 Å². The first-order valence-corrected chi connectivity index (χ1v) is 8.88. The zero-order valence-corrected chi connectivity index (χ0v) is 14.7. The van der Waals surface area contributed by atoms with Crippen LogP contribution in [0.2, 0.25) is 0 Å². The third kappa shape index (κ3) is 5.82. The van der Waals surface area contributed by atoms with Crippen LogP contribution >= 0.6 is 12.2 Å². The van der Waals surface area contributed by atoms with E-state index in [9.17, 15) is 4.79 Å². The van der Waals surface area contributed by atoms with E-state index < -0.39 is 0 Å². The van der Waals surface area contributed by atoms with Crippen molar-refractivity contribution >= 4 is 28.9 Å². The molecule has 1 aromatic rings. The van der Waals surface area contributed by atoms with Crippen LogP contribution in [0.4, 0.5) is 5.69 Å². The molecule has 5 heteroatoms. The van der Waals surface area contributed by atoms with Crippen molar-refractivity contribution in [3.05, 3.63) is 24.3 Å². The Balaban J connectivity index is 1.81. The molecule has 126 valence electrons. The first kappa shape index (κ1) is 17.7. The second kappa shape index (κ2) is 8.87. The van der Waals surface area contributed by atoms with Crippen LogP contribution in [0.25, 0.3) is 0 Å². The van der Waals surface area contributed by atoms with Gasteiger partial charge in [0.1, 0.15) is 5.75 Å². The second-order valence-corrected chi connectivity index (χ2v) is 6.55. The molecule has 0 spiro atoms. The van der Waals surface area contributed by atoms with Crippen LogP contribution in [0.5, 0.6) is 5.75 Å². The summed E-state index contributed by atoms with van der Waals surface area (Å²) in [4.78, 5) is 12.1. The van der Waals surface area contributed by atoms with Crippen molar-refractivity contribution in [2.45, 2.75) is 58.5 Å². The Morgan fingerprint density at radius 2 is 1.91 bits per heavy atom. The van der Waals surface area contributed by atoms with Gasteiger partial charge in [0.25, 0.3) is 0 Å². The van der Waals surface area contributed by atoms with E-state index in [2.05, 4.69) is 17.6 Å². The lowest BCUT2D eigenvalue weighted by Gasteiger charge is -2.21. The van der Waals surface area contributed by atoms with Crippen molar-refractivity contribution in [2.75, 3.05) is 5.32 Å². The normalized spacial score (nSPS) is 16.4. The van der Waals surface area contributed by atoms with E-state index in [1.165, 1.54) is 6.42 Å². The molecule has 0 saturated heterocycles. The first-order chi connectivity index (χ1) is 11.1. The summed E-state index contributed by atoms with van der Waals surface area (Å²) in [6, 6.07) is 7.60. The minimum absolute atomic E-state index is 0.0407. The number of thiocarbonyl (C=S) groups is 1. The molecular formula is C18H26N2O2S. The predicted octanol–water partition coefficient (Wildman–Crippen LogP) is 4.26. The first-order valence-electron chi connectivity index (χ1n) is 8.47. The molecule has 23 heavy (non-hydrogen) atoms. The zero-order chi connectivity index (χ0) is 16.7. The van der Waals surface area contributed by atoms with E-state index in [-0.39, 0.29) is 17.9 Å². The number of nitrogens with one attached hydrogen (secondary N) is 2. The van der Waals surface area contributed by atoms with Crippen molar-refractivity contribution in [3.8, 4) is 5.75 Å². The lowest BCUT2D eigenvalue weighted by atomic mass is 9.89. The fourth-order valence-electron chi connectivity index (χ4n) is 2.67. The van der Waals surface area contributed by atoms with Crippen LogP contribution < -0.4 is 15.4 Å². The molecule has 1 atom stereocenters. The van der Waals surface area contributed by atoms with Crippen LogP contribution in [0, 0.1) is 5.92 Å². The molecule has 0 aromatic heterocycles. The molecule has 1 amide bonds. The molecule has 0 bridgehead atoms. The Morgan fingerprint density at radius 3 is 2.52 bits per heavy atom. The van der Waals surface area contributed by atoms with E-state index in [0.29, 0.717) is 5.11 Å². The average molecular weight is 334 g/mol. The predicted molar refractivity (Wildman–Crippen MR) is 97.8 cm³/mol. The highest BCUT2D eigenvalue weighted by Crippen LogP contribution is 2.23. The molecule has 2 rings (SSSR count). The van der Waals surface area contributed by atoms with Crippen molar-refractivity contribution in [1.29, 1.82) is 0 Å². The van der Waals surface area contributed by atoms with Gasteiger partial charge in [0.15, 0.2) is 5.11 Å². The Morgan fingerprint density at radius 1 is 1.26 bits per heavy atom.